The molecule has 1 aliphatic rings. The normalized spacial score (nSPS) is 18.6. The number of halogens is 2. The van der Waals surface area contributed by atoms with E-state index in [4.69, 9.17) is 11.6 Å². The Morgan fingerprint density at radius 2 is 1.86 bits per heavy atom. The Kier molecular flexibility index (Phi) is 5.10. The fraction of sp³-hybridized carbons (Fsp3) is 0.167. The average Bonchev–Trinajstić information content (AvgIpc) is 3.17. The zero-order valence-corrected chi connectivity index (χ0v) is 16.7. The number of hydrazine groups is 1. The van der Waals surface area contributed by atoms with E-state index in [-0.39, 0.29) is 12.5 Å². The standard InChI is InChI=1S/C18H14BrClN6O2/c19-13-8-6-11(7-9-13)16-15(20)18(28)26(16)22-14(27)10-25-17(21-23-24-25)12-4-2-1-3-5-12/h1-9,15-16H,10H2,(H,22,27). The Bertz CT molecular complexity index is 1010. The molecule has 1 aliphatic heterocycles. The van der Waals surface area contributed by atoms with Gasteiger partial charge in [0.2, 0.25) is 0 Å². The van der Waals surface area contributed by atoms with Crippen molar-refractivity contribution in [1.82, 2.24) is 30.6 Å². The Morgan fingerprint density at radius 1 is 1.14 bits per heavy atom. The van der Waals surface area contributed by atoms with E-state index in [9.17, 15) is 9.59 Å². The van der Waals surface area contributed by atoms with Crippen LogP contribution in [0.1, 0.15) is 11.6 Å². The molecule has 1 fully saturated rings. The van der Waals surface area contributed by atoms with Crippen molar-refractivity contribution in [1.29, 1.82) is 0 Å². The van der Waals surface area contributed by atoms with Gasteiger partial charge >= 0.3 is 0 Å². The first kappa shape index (κ1) is 18.6. The molecule has 2 amide bonds. The second-order valence-electron chi connectivity index (χ2n) is 6.17. The van der Waals surface area contributed by atoms with Gasteiger partial charge in [-0.05, 0) is 28.1 Å². The van der Waals surface area contributed by atoms with E-state index in [0.29, 0.717) is 5.82 Å². The zero-order valence-electron chi connectivity index (χ0n) is 14.4. The lowest BCUT2D eigenvalue weighted by Gasteiger charge is -2.43. The molecule has 0 spiro atoms. The Morgan fingerprint density at radius 3 is 2.57 bits per heavy atom. The summed E-state index contributed by atoms with van der Waals surface area (Å²) in [6, 6.07) is 16.3. The third-order valence-electron chi connectivity index (χ3n) is 4.34. The predicted molar refractivity (Wildman–Crippen MR) is 105 cm³/mol. The quantitative estimate of drug-likeness (QED) is 0.465. The molecule has 2 heterocycles. The summed E-state index contributed by atoms with van der Waals surface area (Å²) in [5, 5.41) is 12.0. The number of hydrogen-bond donors (Lipinski definition) is 1. The van der Waals surface area contributed by atoms with Crippen molar-refractivity contribution < 1.29 is 9.59 Å². The van der Waals surface area contributed by atoms with Crippen LogP contribution in [0, 0.1) is 0 Å². The van der Waals surface area contributed by atoms with Gasteiger partial charge in [-0.3, -0.25) is 15.0 Å². The van der Waals surface area contributed by atoms with E-state index < -0.39 is 17.3 Å². The molecule has 2 unspecified atom stereocenters. The minimum atomic E-state index is -0.727. The molecule has 28 heavy (non-hydrogen) atoms. The number of benzene rings is 2. The number of β-lactam (4-membered cyclic amide) rings is 1. The number of alkyl halides is 1. The number of rotatable bonds is 5. The Labute approximate surface area is 173 Å². The first-order chi connectivity index (χ1) is 13.5. The smallest absolute Gasteiger partial charge is 0.262 e. The zero-order chi connectivity index (χ0) is 19.7. The lowest BCUT2D eigenvalue weighted by atomic mass is 9.95. The molecule has 2 atom stereocenters. The third-order valence-corrected chi connectivity index (χ3v) is 5.30. The maximum Gasteiger partial charge on any atom is 0.262 e. The van der Waals surface area contributed by atoms with Crippen molar-refractivity contribution in [2.24, 2.45) is 0 Å². The molecule has 2 aromatic carbocycles. The molecular formula is C18H14BrClN6O2. The largest absolute Gasteiger partial charge is 0.271 e. The number of nitrogens with one attached hydrogen (secondary N) is 1. The molecule has 1 aromatic heterocycles. The maximum atomic E-state index is 12.5. The molecular weight excluding hydrogens is 448 g/mol. The van der Waals surface area contributed by atoms with Gasteiger partial charge in [0, 0.05) is 10.0 Å². The summed E-state index contributed by atoms with van der Waals surface area (Å²) in [6.45, 7) is -0.138. The Balaban J connectivity index is 1.47. The number of nitrogens with zero attached hydrogens (tertiary/aromatic N) is 5. The molecule has 4 rings (SSSR count). The van der Waals surface area contributed by atoms with E-state index in [1.165, 1.54) is 9.69 Å². The van der Waals surface area contributed by atoms with Crippen LogP contribution in [-0.2, 0) is 16.1 Å². The van der Waals surface area contributed by atoms with Crippen LogP contribution in [0.15, 0.2) is 59.1 Å². The van der Waals surface area contributed by atoms with Crippen molar-refractivity contribution in [2.45, 2.75) is 18.0 Å². The minimum Gasteiger partial charge on any atom is -0.271 e. The Hall–Kier alpha value is -2.78. The predicted octanol–water partition coefficient (Wildman–Crippen LogP) is 2.32. The average molecular weight is 462 g/mol. The van der Waals surface area contributed by atoms with Gasteiger partial charge < -0.3 is 0 Å². The highest BCUT2D eigenvalue weighted by atomic mass is 79.9. The number of carbonyl (C=O) groups excluding carboxylic acids is 2. The van der Waals surface area contributed by atoms with Crippen molar-refractivity contribution in [3.63, 3.8) is 0 Å². The fourth-order valence-electron chi connectivity index (χ4n) is 2.97. The lowest BCUT2D eigenvalue weighted by Crippen LogP contribution is -2.63. The molecule has 10 heteroatoms. The summed E-state index contributed by atoms with van der Waals surface area (Å²) < 4.78 is 2.29. The SMILES string of the molecule is O=C(Cn1nnnc1-c1ccccc1)NN1C(=O)C(Cl)C1c1ccc(Br)cc1. The lowest BCUT2D eigenvalue weighted by molar-refractivity contribution is -0.156. The summed E-state index contributed by atoms with van der Waals surface area (Å²) >= 11 is 9.55. The van der Waals surface area contributed by atoms with Crippen molar-refractivity contribution in [3.8, 4) is 11.4 Å². The molecule has 3 aromatic rings. The first-order valence-electron chi connectivity index (χ1n) is 8.38. The molecule has 0 aliphatic carbocycles. The van der Waals surface area contributed by atoms with Crippen LogP contribution in [0.3, 0.4) is 0 Å². The maximum absolute atomic E-state index is 12.5. The van der Waals surface area contributed by atoms with Crippen molar-refractivity contribution in [3.05, 3.63) is 64.6 Å². The molecule has 1 saturated heterocycles. The summed E-state index contributed by atoms with van der Waals surface area (Å²) in [5.41, 5.74) is 4.22. The third kappa shape index (κ3) is 3.50. The number of carbonyl (C=O) groups is 2. The summed E-state index contributed by atoms with van der Waals surface area (Å²) in [5.74, 6) is -0.322. The molecule has 1 N–H and O–H groups in total. The molecule has 8 nitrogen and oxygen atoms in total. The van der Waals surface area contributed by atoms with Crippen LogP contribution in [-0.4, -0.2) is 42.4 Å². The van der Waals surface area contributed by atoms with Crippen molar-refractivity contribution >= 4 is 39.3 Å². The van der Waals surface area contributed by atoms with E-state index >= 15 is 0 Å². The molecule has 0 saturated carbocycles. The number of amides is 2. The van der Waals surface area contributed by atoms with Gasteiger partial charge in [-0.15, -0.1) is 16.7 Å². The number of hydrogen-bond acceptors (Lipinski definition) is 5. The number of aromatic nitrogens is 4. The summed E-state index contributed by atoms with van der Waals surface area (Å²) in [6.07, 6.45) is 0. The highest BCUT2D eigenvalue weighted by Gasteiger charge is 2.48. The second-order valence-corrected chi connectivity index (χ2v) is 7.55. The van der Waals surface area contributed by atoms with Crippen LogP contribution >= 0.6 is 27.5 Å². The fourth-order valence-corrected chi connectivity index (χ4v) is 3.59. The van der Waals surface area contributed by atoms with Crippen LogP contribution in [0.4, 0.5) is 0 Å². The van der Waals surface area contributed by atoms with E-state index in [2.05, 4.69) is 36.9 Å². The molecule has 0 radical (unpaired) electrons. The topological polar surface area (TPSA) is 93.0 Å². The van der Waals surface area contributed by atoms with Gasteiger partial charge in [0.05, 0.1) is 0 Å². The summed E-state index contributed by atoms with van der Waals surface area (Å²) in [7, 11) is 0. The highest BCUT2D eigenvalue weighted by Crippen LogP contribution is 2.37. The minimum absolute atomic E-state index is 0.138. The van der Waals surface area contributed by atoms with Gasteiger partial charge in [-0.25, -0.2) is 9.69 Å². The first-order valence-corrected chi connectivity index (χ1v) is 9.61. The van der Waals surface area contributed by atoms with Crippen LogP contribution in [0.25, 0.3) is 11.4 Å². The van der Waals surface area contributed by atoms with Gasteiger partial charge in [0.1, 0.15) is 18.0 Å². The van der Waals surface area contributed by atoms with Gasteiger partial charge in [0.15, 0.2) is 5.82 Å². The van der Waals surface area contributed by atoms with Gasteiger partial charge in [-0.2, -0.15) is 0 Å². The van der Waals surface area contributed by atoms with E-state index in [0.717, 1.165) is 15.6 Å². The van der Waals surface area contributed by atoms with Gasteiger partial charge in [-0.1, -0.05) is 58.4 Å². The monoisotopic (exact) mass is 460 g/mol. The summed E-state index contributed by atoms with van der Waals surface area (Å²) in [4.78, 5) is 24.7. The van der Waals surface area contributed by atoms with Crippen molar-refractivity contribution in [2.75, 3.05) is 0 Å². The number of tetrazole rings is 1. The molecule has 142 valence electrons. The van der Waals surface area contributed by atoms with Crippen LogP contribution in [0.5, 0.6) is 0 Å². The van der Waals surface area contributed by atoms with Gasteiger partial charge in [0.25, 0.3) is 11.8 Å². The van der Waals surface area contributed by atoms with E-state index in [1.54, 1.807) is 0 Å². The van der Waals surface area contributed by atoms with E-state index in [1.807, 2.05) is 54.6 Å². The van der Waals surface area contributed by atoms with Crippen LogP contribution in [0.2, 0.25) is 0 Å². The second kappa shape index (κ2) is 7.69. The highest BCUT2D eigenvalue weighted by molar-refractivity contribution is 9.10. The van der Waals surface area contributed by atoms with Crippen LogP contribution < -0.4 is 5.43 Å². The molecule has 0 bridgehead atoms.